The number of ether oxygens (including phenoxy) is 2. The van der Waals surface area contributed by atoms with Crippen LogP contribution in [0.5, 0.6) is 0 Å². The molecule has 4 nitrogen and oxygen atoms in total. The predicted octanol–water partition coefficient (Wildman–Crippen LogP) is 6.05. The highest BCUT2D eigenvalue weighted by atomic mass is 16.7. The Bertz CT molecular complexity index is 487. The Morgan fingerprint density at radius 3 is 2.21 bits per heavy atom. The Morgan fingerprint density at radius 1 is 1.04 bits per heavy atom. The van der Waals surface area contributed by atoms with Crippen LogP contribution in [0.1, 0.15) is 85.5 Å². The van der Waals surface area contributed by atoms with E-state index in [0.717, 1.165) is 25.5 Å². The molecular formula is C24H42O4. The molecule has 0 heterocycles. The summed E-state index contributed by atoms with van der Waals surface area (Å²) in [5.74, 6) is -0.0517. The molecule has 0 rings (SSSR count). The van der Waals surface area contributed by atoms with Crippen LogP contribution in [0, 0.1) is 11.8 Å². The smallest absolute Gasteiger partial charge is 0.187 e. The van der Waals surface area contributed by atoms with Gasteiger partial charge in [0.2, 0.25) is 0 Å². The van der Waals surface area contributed by atoms with Gasteiger partial charge in [0, 0.05) is 32.6 Å². The molecule has 1 unspecified atom stereocenters. The molecule has 0 fully saturated rings. The Morgan fingerprint density at radius 2 is 1.68 bits per heavy atom. The average molecular weight is 395 g/mol. The van der Waals surface area contributed by atoms with Gasteiger partial charge in [-0.2, -0.15) is 0 Å². The van der Waals surface area contributed by atoms with Crippen LogP contribution in [-0.2, 0) is 19.1 Å². The number of carbonyl (C=O) groups is 2. The van der Waals surface area contributed by atoms with Gasteiger partial charge >= 0.3 is 0 Å². The van der Waals surface area contributed by atoms with E-state index in [1.807, 2.05) is 6.08 Å². The molecule has 0 aliphatic carbocycles. The number of methoxy groups -OCH3 is 2. The maximum atomic E-state index is 12.6. The van der Waals surface area contributed by atoms with Crippen LogP contribution >= 0.6 is 0 Å². The minimum absolute atomic E-state index is 0.0634. The summed E-state index contributed by atoms with van der Waals surface area (Å²) in [6.45, 7) is 8.78. The van der Waals surface area contributed by atoms with Gasteiger partial charge in [-0.15, -0.1) is 0 Å². The van der Waals surface area contributed by atoms with E-state index >= 15 is 0 Å². The molecule has 0 spiro atoms. The van der Waals surface area contributed by atoms with Crippen molar-refractivity contribution in [1.29, 1.82) is 0 Å². The minimum atomic E-state index is -0.981. The molecule has 28 heavy (non-hydrogen) atoms. The van der Waals surface area contributed by atoms with Gasteiger partial charge in [-0.1, -0.05) is 59.5 Å². The monoisotopic (exact) mass is 394 g/mol. The van der Waals surface area contributed by atoms with Crippen molar-refractivity contribution in [1.82, 2.24) is 0 Å². The average Bonchev–Trinajstić information content (AvgIpc) is 2.69. The highest BCUT2D eigenvalue weighted by Crippen LogP contribution is 2.28. The third-order valence-electron chi connectivity index (χ3n) is 5.53. The topological polar surface area (TPSA) is 52.6 Å². The number of unbranched alkanes of at least 4 members (excludes halogenated alkanes) is 5. The highest BCUT2D eigenvalue weighted by Gasteiger charge is 2.29. The number of aldehydes is 1. The first kappa shape index (κ1) is 26.7. The van der Waals surface area contributed by atoms with Crippen LogP contribution in [0.25, 0.3) is 0 Å². The van der Waals surface area contributed by atoms with Crippen LogP contribution in [0.2, 0.25) is 0 Å². The van der Waals surface area contributed by atoms with Gasteiger partial charge in [0.1, 0.15) is 6.29 Å². The fourth-order valence-electron chi connectivity index (χ4n) is 2.99. The molecule has 0 aromatic heterocycles. The third kappa shape index (κ3) is 10.9. The zero-order valence-corrected chi connectivity index (χ0v) is 19.0. The predicted molar refractivity (Wildman–Crippen MR) is 116 cm³/mol. The molecule has 0 radical (unpaired) electrons. The molecule has 0 bridgehead atoms. The number of rotatable bonds is 17. The minimum Gasteiger partial charge on any atom is -0.350 e. The third-order valence-corrected chi connectivity index (χ3v) is 5.53. The van der Waals surface area contributed by atoms with Crippen LogP contribution in [-0.4, -0.2) is 32.1 Å². The second kappa shape index (κ2) is 15.6. The van der Waals surface area contributed by atoms with Crippen molar-refractivity contribution < 1.29 is 19.1 Å². The van der Waals surface area contributed by atoms with Gasteiger partial charge < -0.3 is 14.3 Å². The van der Waals surface area contributed by atoms with E-state index in [1.165, 1.54) is 25.7 Å². The first-order valence-corrected chi connectivity index (χ1v) is 10.8. The molecule has 4 heteroatoms. The fourth-order valence-corrected chi connectivity index (χ4v) is 2.99. The maximum absolute atomic E-state index is 12.6. The van der Waals surface area contributed by atoms with E-state index < -0.39 is 5.79 Å². The number of carbonyl (C=O) groups excluding carboxylic acids is 2. The van der Waals surface area contributed by atoms with E-state index in [-0.39, 0.29) is 12.2 Å². The van der Waals surface area contributed by atoms with Crippen molar-refractivity contribution in [3.63, 3.8) is 0 Å². The summed E-state index contributed by atoms with van der Waals surface area (Å²) in [6, 6.07) is 0. The van der Waals surface area contributed by atoms with Crippen molar-refractivity contribution in [3.8, 4) is 0 Å². The number of ketones is 1. The molecule has 0 aliphatic heterocycles. The molecule has 0 aromatic carbocycles. The summed E-state index contributed by atoms with van der Waals surface area (Å²) in [4.78, 5) is 23.7. The van der Waals surface area contributed by atoms with Crippen molar-refractivity contribution in [2.24, 2.45) is 11.8 Å². The standard InChI is InChI=1S/C24H42O4/c1-7-8-9-10-11-12-13-14-23(26)22(16-18-25)19-24(27-5,28-6)17-15-21(4)20(2)3/h13-14,18-21H,7-12,15-17H2,1-6H3. The molecule has 0 aliphatic rings. The van der Waals surface area contributed by atoms with Gasteiger partial charge in [0.25, 0.3) is 0 Å². The number of allylic oxidation sites excluding steroid dienone is 3. The summed E-state index contributed by atoms with van der Waals surface area (Å²) in [5, 5.41) is 0. The Balaban J connectivity index is 5.06. The summed E-state index contributed by atoms with van der Waals surface area (Å²) in [5.41, 5.74) is 0.429. The van der Waals surface area contributed by atoms with Crippen molar-refractivity contribution in [2.75, 3.05) is 14.2 Å². The molecule has 0 N–H and O–H groups in total. The number of hydrogen-bond acceptors (Lipinski definition) is 4. The van der Waals surface area contributed by atoms with Gasteiger partial charge in [0.05, 0.1) is 0 Å². The van der Waals surface area contributed by atoms with E-state index in [4.69, 9.17) is 9.47 Å². The molecule has 1 atom stereocenters. The Hall–Kier alpha value is -1.26. The van der Waals surface area contributed by atoms with Crippen molar-refractivity contribution in [2.45, 2.75) is 91.3 Å². The largest absolute Gasteiger partial charge is 0.350 e. The van der Waals surface area contributed by atoms with Crippen LogP contribution in [0.4, 0.5) is 0 Å². The quantitative estimate of drug-likeness (QED) is 0.130. The van der Waals surface area contributed by atoms with E-state index in [9.17, 15) is 9.59 Å². The van der Waals surface area contributed by atoms with Gasteiger partial charge in [-0.05, 0) is 43.3 Å². The van der Waals surface area contributed by atoms with E-state index in [0.29, 0.717) is 23.8 Å². The first-order chi connectivity index (χ1) is 13.4. The lowest BCUT2D eigenvalue weighted by molar-refractivity contribution is -0.177. The van der Waals surface area contributed by atoms with Crippen molar-refractivity contribution in [3.05, 3.63) is 23.8 Å². The lowest BCUT2D eigenvalue weighted by Gasteiger charge is -2.30. The van der Waals surface area contributed by atoms with Gasteiger partial charge in [0.15, 0.2) is 11.6 Å². The molecule has 0 amide bonds. The zero-order valence-electron chi connectivity index (χ0n) is 19.0. The zero-order chi connectivity index (χ0) is 21.4. The van der Waals surface area contributed by atoms with Gasteiger partial charge in [-0.3, -0.25) is 4.79 Å². The SMILES string of the molecule is CCCCCCCC=CC(=O)C(=CC(CCC(C)C(C)C)(OC)OC)CC=O. The lowest BCUT2D eigenvalue weighted by atomic mass is 9.90. The normalized spacial score (nSPS) is 14.0. The lowest BCUT2D eigenvalue weighted by Crippen LogP contribution is -2.33. The highest BCUT2D eigenvalue weighted by molar-refractivity contribution is 6.05. The molecule has 0 aromatic rings. The second-order valence-corrected chi connectivity index (χ2v) is 7.99. The molecular weight excluding hydrogens is 352 g/mol. The van der Waals surface area contributed by atoms with E-state index in [2.05, 4.69) is 27.7 Å². The summed E-state index contributed by atoms with van der Waals surface area (Å²) >= 11 is 0. The van der Waals surface area contributed by atoms with Gasteiger partial charge in [-0.25, -0.2) is 0 Å². The Kier molecular flexibility index (Phi) is 14.9. The second-order valence-electron chi connectivity index (χ2n) is 7.99. The van der Waals surface area contributed by atoms with Crippen LogP contribution in [0.15, 0.2) is 23.8 Å². The molecule has 0 saturated heterocycles. The maximum Gasteiger partial charge on any atom is 0.187 e. The number of hydrogen-bond donors (Lipinski definition) is 0. The fraction of sp³-hybridized carbons (Fsp3) is 0.750. The molecule has 0 saturated carbocycles. The summed E-state index contributed by atoms with van der Waals surface area (Å²) in [6.07, 6.45) is 14.5. The van der Waals surface area contributed by atoms with Crippen molar-refractivity contribution >= 4 is 12.1 Å². The van der Waals surface area contributed by atoms with Crippen LogP contribution < -0.4 is 0 Å². The molecule has 162 valence electrons. The first-order valence-electron chi connectivity index (χ1n) is 10.8. The van der Waals surface area contributed by atoms with E-state index in [1.54, 1.807) is 26.4 Å². The Labute approximate surface area is 172 Å². The van der Waals surface area contributed by atoms with Crippen LogP contribution in [0.3, 0.4) is 0 Å². The summed E-state index contributed by atoms with van der Waals surface area (Å²) < 4.78 is 11.3. The summed E-state index contributed by atoms with van der Waals surface area (Å²) in [7, 11) is 3.16.